The molecular weight excluding hydrogens is 146 g/mol. The molecular formula is C5H8F2O3. The summed E-state index contributed by atoms with van der Waals surface area (Å²) in [5.74, 6) is -2.74. The number of hydrogen-bond donors (Lipinski definition) is 1. The molecule has 0 aliphatic heterocycles. The van der Waals surface area contributed by atoms with E-state index in [-0.39, 0.29) is 0 Å². The maximum absolute atomic E-state index is 12.5. The summed E-state index contributed by atoms with van der Waals surface area (Å²) < 4.78 is 28.1. The summed E-state index contributed by atoms with van der Waals surface area (Å²) in [5.41, 5.74) is 0. The summed E-state index contributed by atoms with van der Waals surface area (Å²) in [4.78, 5) is 9.69. The molecule has 3 nitrogen and oxygen atoms in total. The Bertz CT molecular complexity index is 133. The molecule has 10 heavy (non-hydrogen) atoms. The lowest BCUT2D eigenvalue weighted by Crippen LogP contribution is -2.34. The molecule has 0 amide bonds. The largest absolute Gasteiger partial charge is 0.508 e. The fourth-order valence-electron chi connectivity index (χ4n) is 0.252. The van der Waals surface area contributed by atoms with Crippen molar-refractivity contribution >= 4 is 6.16 Å². The second-order valence-corrected chi connectivity index (χ2v) is 1.97. The summed E-state index contributed by atoms with van der Waals surface area (Å²) >= 11 is 0. The smallest absolute Gasteiger partial charge is 0.450 e. The lowest BCUT2D eigenvalue weighted by atomic mass is 10.2. The first-order valence-corrected chi connectivity index (χ1v) is 2.61. The molecule has 0 radical (unpaired) electrons. The molecule has 0 bridgehead atoms. The highest BCUT2D eigenvalue weighted by atomic mass is 19.2. The predicted molar refractivity (Wildman–Crippen MR) is 29.2 cm³/mol. The van der Waals surface area contributed by atoms with E-state index in [2.05, 4.69) is 4.74 Å². The molecule has 2 atom stereocenters. The van der Waals surface area contributed by atoms with Crippen molar-refractivity contribution in [2.45, 2.75) is 25.9 Å². The Morgan fingerprint density at radius 1 is 1.80 bits per heavy atom. The quantitative estimate of drug-likeness (QED) is 0.616. The van der Waals surface area contributed by atoms with Crippen molar-refractivity contribution in [3.8, 4) is 0 Å². The highest BCUT2D eigenvalue weighted by Crippen LogP contribution is 2.19. The van der Waals surface area contributed by atoms with Gasteiger partial charge < -0.3 is 9.84 Å². The van der Waals surface area contributed by atoms with Crippen LogP contribution < -0.4 is 0 Å². The van der Waals surface area contributed by atoms with Crippen molar-refractivity contribution in [3.05, 3.63) is 0 Å². The number of alkyl halides is 2. The number of ether oxygens (including phenoxy) is 1. The lowest BCUT2D eigenvalue weighted by Gasteiger charge is -2.19. The van der Waals surface area contributed by atoms with Gasteiger partial charge in [-0.15, -0.1) is 0 Å². The monoisotopic (exact) mass is 154 g/mol. The number of rotatable bonds is 2. The Morgan fingerprint density at radius 3 is 2.30 bits per heavy atom. The molecule has 0 fully saturated rings. The first-order chi connectivity index (χ1) is 4.36. The molecule has 0 spiro atoms. The maximum Gasteiger partial charge on any atom is 0.508 e. The molecule has 0 saturated heterocycles. The first kappa shape index (κ1) is 9.13. The van der Waals surface area contributed by atoms with Crippen LogP contribution in [0, 0.1) is 0 Å². The average Bonchev–Trinajstić information content (AvgIpc) is 1.60. The fourth-order valence-corrected chi connectivity index (χ4v) is 0.252. The van der Waals surface area contributed by atoms with Crippen LogP contribution in [0.5, 0.6) is 0 Å². The third-order valence-corrected chi connectivity index (χ3v) is 0.997. The molecule has 0 aromatic carbocycles. The van der Waals surface area contributed by atoms with Gasteiger partial charge in [0, 0.05) is 6.92 Å². The van der Waals surface area contributed by atoms with Gasteiger partial charge in [-0.2, -0.15) is 4.39 Å². The Kier molecular flexibility index (Phi) is 2.56. The Hall–Kier alpha value is -0.870. The minimum atomic E-state index is -2.74. The van der Waals surface area contributed by atoms with E-state index in [1.54, 1.807) is 0 Å². The molecule has 0 aromatic rings. The predicted octanol–water partition coefficient (Wildman–Crippen LogP) is 1.72. The van der Waals surface area contributed by atoms with Crippen LogP contribution >= 0.6 is 0 Å². The SMILES string of the molecule is CC(F)C(C)(F)OC(=O)O. The maximum atomic E-state index is 12.5. The van der Waals surface area contributed by atoms with Crippen LogP contribution in [0.3, 0.4) is 0 Å². The summed E-state index contributed by atoms with van der Waals surface area (Å²) in [7, 11) is 0. The topological polar surface area (TPSA) is 46.5 Å². The van der Waals surface area contributed by atoms with Crippen LogP contribution in [0.2, 0.25) is 0 Å². The second kappa shape index (κ2) is 2.81. The van der Waals surface area contributed by atoms with E-state index in [1.165, 1.54) is 0 Å². The Morgan fingerprint density at radius 2 is 2.20 bits per heavy atom. The van der Waals surface area contributed by atoms with Crippen LogP contribution in [0.25, 0.3) is 0 Å². The number of hydrogen-bond acceptors (Lipinski definition) is 2. The van der Waals surface area contributed by atoms with Crippen LogP contribution in [0.1, 0.15) is 13.8 Å². The minimum Gasteiger partial charge on any atom is -0.450 e. The molecule has 2 unspecified atom stereocenters. The average molecular weight is 154 g/mol. The molecule has 0 heterocycles. The third-order valence-electron chi connectivity index (χ3n) is 0.997. The Balaban J connectivity index is 3.99. The second-order valence-electron chi connectivity index (χ2n) is 1.97. The van der Waals surface area contributed by atoms with E-state index >= 15 is 0 Å². The van der Waals surface area contributed by atoms with Crippen molar-refractivity contribution in [2.75, 3.05) is 0 Å². The van der Waals surface area contributed by atoms with E-state index in [0.29, 0.717) is 6.92 Å². The van der Waals surface area contributed by atoms with Crippen LogP contribution in [0.4, 0.5) is 13.6 Å². The van der Waals surface area contributed by atoms with E-state index in [0.717, 1.165) is 6.92 Å². The zero-order valence-electron chi connectivity index (χ0n) is 5.60. The molecule has 0 saturated carbocycles. The van der Waals surface area contributed by atoms with Crippen molar-refractivity contribution in [3.63, 3.8) is 0 Å². The summed E-state index contributed by atoms with van der Waals surface area (Å²) in [6.07, 6.45) is -3.79. The van der Waals surface area contributed by atoms with E-state index in [9.17, 15) is 13.6 Å². The van der Waals surface area contributed by atoms with Gasteiger partial charge in [-0.1, -0.05) is 0 Å². The van der Waals surface area contributed by atoms with Gasteiger partial charge in [-0.3, -0.25) is 0 Å². The molecule has 0 aliphatic carbocycles. The van der Waals surface area contributed by atoms with E-state index in [4.69, 9.17) is 5.11 Å². The van der Waals surface area contributed by atoms with Crippen LogP contribution in [-0.4, -0.2) is 23.3 Å². The van der Waals surface area contributed by atoms with Gasteiger partial charge in [-0.25, -0.2) is 9.18 Å². The third kappa shape index (κ3) is 2.61. The zero-order valence-corrected chi connectivity index (χ0v) is 5.60. The number of carbonyl (C=O) groups is 1. The van der Waals surface area contributed by atoms with Crippen molar-refractivity contribution in [2.24, 2.45) is 0 Å². The number of halogens is 2. The minimum absolute atomic E-state index is 0.714. The lowest BCUT2D eigenvalue weighted by molar-refractivity contribution is -0.138. The van der Waals surface area contributed by atoms with Crippen molar-refractivity contribution in [1.29, 1.82) is 0 Å². The summed E-state index contributed by atoms with van der Waals surface area (Å²) in [6.45, 7) is 1.59. The summed E-state index contributed by atoms with van der Waals surface area (Å²) in [6, 6.07) is 0. The van der Waals surface area contributed by atoms with Crippen LogP contribution in [0.15, 0.2) is 0 Å². The fraction of sp³-hybridized carbons (Fsp3) is 0.800. The van der Waals surface area contributed by atoms with Gasteiger partial charge in [-0.05, 0) is 6.92 Å². The Labute approximate surface area is 56.6 Å². The molecule has 0 aliphatic rings. The van der Waals surface area contributed by atoms with Gasteiger partial charge in [0.1, 0.15) is 0 Å². The zero-order chi connectivity index (χ0) is 8.36. The summed E-state index contributed by atoms with van der Waals surface area (Å²) in [5, 5.41) is 7.87. The number of carboxylic acid groups (broad SMARTS) is 1. The van der Waals surface area contributed by atoms with Gasteiger partial charge >= 0.3 is 6.16 Å². The van der Waals surface area contributed by atoms with Gasteiger partial charge in [0.25, 0.3) is 5.85 Å². The first-order valence-electron chi connectivity index (χ1n) is 2.61. The standard InChI is InChI=1S/C5H8F2O3/c1-3(6)5(2,7)10-4(8)9/h3H,1-2H3,(H,8,9). The molecule has 5 heteroatoms. The van der Waals surface area contributed by atoms with Gasteiger partial charge in [0.2, 0.25) is 0 Å². The highest BCUT2D eigenvalue weighted by Gasteiger charge is 2.35. The van der Waals surface area contributed by atoms with Crippen molar-refractivity contribution in [1.82, 2.24) is 0 Å². The van der Waals surface area contributed by atoms with Crippen molar-refractivity contribution < 1.29 is 23.4 Å². The molecule has 60 valence electrons. The van der Waals surface area contributed by atoms with E-state index < -0.39 is 18.2 Å². The van der Waals surface area contributed by atoms with Crippen LogP contribution in [-0.2, 0) is 4.74 Å². The van der Waals surface area contributed by atoms with Gasteiger partial charge in [0.15, 0.2) is 6.17 Å². The molecule has 1 N–H and O–H groups in total. The highest BCUT2D eigenvalue weighted by molar-refractivity contribution is 5.57. The normalized spacial score (nSPS) is 19.2. The molecule has 0 rings (SSSR count). The van der Waals surface area contributed by atoms with Gasteiger partial charge in [0.05, 0.1) is 0 Å². The van der Waals surface area contributed by atoms with E-state index in [1.807, 2.05) is 0 Å². The molecule has 0 aromatic heterocycles.